The molecule has 2 aromatic carbocycles. The molecule has 9 heteroatoms. The van der Waals surface area contributed by atoms with Crippen molar-refractivity contribution in [3.05, 3.63) is 52.5 Å². The number of aryl methyl sites for hydroxylation is 1. The molecule has 8 nitrogen and oxygen atoms in total. The number of anilines is 2. The van der Waals surface area contributed by atoms with Crippen molar-refractivity contribution in [2.75, 3.05) is 31.0 Å². The molecule has 1 atom stereocenters. The number of hydrazine groups is 1. The summed E-state index contributed by atoms with van der Waals surface area (Å²) in [5.41, 5.74) is 7.52. The number of ether oxygens (including phenoxy) is 1. The summed E-state index contributed by atoms with van der Waals surface area (Å²) in [4.78, 5) is 40.8. The monoisotopic (exact) mass is 430 g/mol. The van der Waals surface area contributed by atoms with Crippen molar-refractivity contribution in [3.63, 3.8) is 0 Å². The Morgan fingerprint density at radius 1 is 1.23 bits per heavy atom. The third-order valence-corrected chi connectivity index (χ3v) is 5.24. The highest BCUT2D eigenvalue weighted by atomic mass is 35.5. The van der Waals surface area contributed by atoms with E-state index < -0.39 is 23.8 Å². The van der Waals surface area contributed by atoms with Crippen LogP contribution in [0.4, 0.5) is 11.4 Å². The molecule has 30 heavy (non-hydrogen) atoms. The Hall–Kier alpha value is -3.10. The minimum absolute atomic E-state index is 0.0956. The van der Waals surface area contributed by atoms with Gasteiger partial charge in [-0.05, 0) is 36.8 Å². The summed E-state index contributed by atoms with van der Waals surface area (Å²) in [7, 11) is 5.19. The van der Waals surface area contributed by atoms with Gasteiger partial charge in [0.1, 0.15) is 11.8 Å². The van der Waals surface area contributed by atoms with Crippen molar-refractivity contribution in [1.29, 1.82) is 0 Å². The number of amides is 3. The van der Waals surface area contributed by atoms with Crippen LogP contribution in [-0.2, 0) is 9.59 Å². The van der Waals surface area contributed by atoms with Crippen LogP contribution >= 0.6 is 11.6 Å². The number of imide groups is 1. The lowest BCUT2D eigenvalue weighted by molar-refractivity contribution is -0.121. The number of nitrogens with zero attached hydrogens (tertiary/aromatic N) is 2. The van der Waals surface area contributed by atoms with Crippen LogP contribution in [0, 0.1) is 6.92 Å². The summed E-state index contributed by atoms with van der Waals surface area (Å²) in [6.45, 7) is 1.77. The zero-order valence-electron chi connectivity index (χ0n) is 17.2. The van der Waals surface area contributed by atoms with Crippen molar-refractivity contribution in [2.45, 2.75) is 19.4 Å². The molecule has 0 aromatic heterocycles. The minimum atomic E-state index is -0.890. The number of benzene rings is 2. The molecule has 3 amide bonds. The third-order valence-electron chi connectivity index (χ3n) is 4.83. The second-order valence-corrected chi connectivity index (χ2v) is 7.55. The van der Waals surface area contributed by atoms with Crippen LogP contribution in [-0.4, -0.2) is 45.0 Å². The van der Waals surface area contributed by atoms with Crippen LogP contribution in [0.15, 0.2) is 36.4 Å². The van der Waals surface area contributed by atoms with Gasteiger partial charge in [0, 0.05) is 36.4 Å². The van der Waals surface area contributed by atoms with Crippen LogP contribution in [0.2, 0.25) is 5.02 Å². The fourth-order valence-corrected chi connectivity index (χ4v) is 3.29. The Morgan fingerprint density at radius 2 is 1.97 bits per heavy atom. The molecular formula is C21H23ClN4O4. The Labute approximate surface area is 179 Å². The molecule has 0 unspecified atom stereocenters. The van der Waals surface area contributed by atoms with E-state index in [0.717, 1.165) is 10.6 Å². The minimum Gasteiger partial charge on any atom is -0.495 e. The first-order chi connectivity index (χ1) is 14.2. The van der Waals surface area contributed by atoms with Gasteiger partial charge in [-0.15, -0.1) is 0 Å². The van der Waals surface area contributed by atoms with Crippen LogP contribution in [0.5, 0.6) is 5.75 Å². The maximum atomic E-state index is 12.9. The molecule has 1 fully saturated rings. The number of nitrogens with one attached hydrogen (secondary N) is 2. The highest BCUT2D eigenvalue weighted by Crippen LogP contribution is 2.36. The molecule has 0 aliphatic carbocycles. The predicted octanol–water partition coefficient (Wildman–Crippen LogP) is 2.29. The van der Waals surface area contributed by atoms with Gasteiger partial charge in [-0.25, -0.2) is 10.3 Å². The first-order valence-electron chi connectivity index (χ1n) is 9.27. The quantitative estimate of drug-likeness (QED) is 0.539. The molecule has 1 saturated heterocycles. The van der Waals surface area contributed by atoms with Crippen molar-refractivity contribution in [3.8, 4) is 5.75 Å². The van der Waals surface area contributed by atoms with Gasteiger partial charge >= 0.3 is 0 Å². The SMILES string of the molecule is COc1cc(Cl)c(C)cc1N1C(=O)C[C@@H](NNC(=O)c2cccc(N(C)C)c2)C1=O. The fourth-order valence-electron chi connectivity index (χ4n) is 3.13. The zero-order chi connectivity index (χ0) is 22.0. The van der Waals surface area contributed by atoms with E-state index in [4.69, 9.17) is 16.3 Å². The van der Waals surface area contributed by atoms with Crippen LogP contribution < -0.4 is 25.4 Å². The number of carbonyl (C=O) groups excluding carboxylic acids is 3. The molecule has 158 valence electrons. The topological polar surface area (TPSA) is 91.0 Å². The summed E-state index contributed by atoms with van der Waals surface area (Å²) in [5, 5.41) is 0.469. The van der Waals surface area contributed by atoms with Gasteiger partial charge in [-0.2, -0.15) is 0 Å². The van der Waals surface area contributed by atoms with Gasteiger partial charge in [0.2, 0.25) is 5.91 Å². The van der Waals surface area contributed by atoms with Gasteiger partial charge < -0.3 is 9.64 Å². The molecule has 1 heterocycles. The van der Waals surface area contributed by atoms with E-state index in [-0.39, 0.29) is 6.42 Å². The summed E-state index contributed by atoms with van der Waals surface area (Å²) < 4.78 is 5.29. The zero-order valence-corrected chi connectivity index (χ0v) is 17.9. The number of halogens is 1. The van der Waals surface area contributed by atoms with Crippen molar-refractivity contribution in [2.24, 2.45) is 0 Å². The van der Waals surface area contributed by atoms with Crippen LogP contribution in [0.1, 0.15) is 22.3 Å². The highest BCUT2D eigenvalue weighted by Gasteiger charge is 2.41. The van der Waals surface area contributed by atoms with Crippen molar-refractivity contribution >= 4 is 40.7 Å². The lowest BCUT2D eigenvalue weighted by Crippen LogP contribution is -2.48. The standard InChI is InChI=1S/C21H23ClN4O4/c1-12-8-17(18(30-4)10-15(12)22)26-19(27)11-16(21(26)29)23-24-20(28)13-6-5-7-14(9-13)25(2)3/h5-10,16,23H,11H2,1-4H3,(H,24,28)/t16-/m1/s1. The normalized spacial score (nSPS) is 16.0. The third kappa shape index (κ3) is 4.24. The molecular weight excluding hydrogens is 408 g/mol. The number of methoxy groups -OCH3 is 1. The van der Waals surface area contributed by atoms with E-state index in [1.807, 2.05) is 25.1 Å². The first kappa shape index (κ1) is 21.6. The lowest BCUT2D eigenvalue weighted by atomic mass is 10.2. The van der Waals surface area contributed by atoms with Crippen molar-refractivity contribution < 1.29 is 19.1 Å². The molecule has 0 radical (unpaired) electrons. The number of carbonyl (C=O) groups is 3. The lowest BCUT2D eigenvalue weighted by Gasteiger charge is -2.19. The van der Waals surface area contributed by atoms with E-state index >= 15 is 0 Å². The Kier molecular flexibility index (Phi) is 6.28. The molecule has 0 spiro atoms. The van der Waals surface area contributed by atoms with Gasteiger partial charge in [0.15, 0.2) is 0 Å². The largest absolute Gasteiger partial charge is 0.495 e. The molecule has 3 rings (SSSR count). The molecule has 2 aromatic rings. The smallest absolute Gasteiger partial charge is 0.265 e. The summed E-state index contributed by atoms with van der Waals surface area (Å²) in [6, 6.07) is 9.34. The maximum absolute atomic E-state index is 12.9. The Bertz CT molecular complexity index is 1010. The van der Waals surface area contributed by atoms with Crippen molar-refractivity contribution in [1.82, 2.24) is 10.9 Å². The predicted molar refractivity (Wildman–Crippen MR) is 115 cm³/mol. The van der Waals surface area contributed by atoms with E-state index in [2.05, 4.69) is 10.9 Å². The van der Waals surface area contributed by atoms with E-state index in [0.29, 0.717) is 27.6 Å². The Morgan fingerprint density at radius 3 is 2.63 bits per heavy atom. The Balaban J connectivity index is 1.74. The average molecular weight is 431 g/mol. The van der Waals surface area contributed by atoms with E-state index in [9.17, 15) is 14.4 Å². The fraction of sp³-hybridized carbons (Fsp3) is 0.286. The molecule has 0 bridgehead atoms. The summed E-state index contributed by atoms with van der Waals surface area (Å²) in [6.07, 6.45) is -0.0956. The molecule has 2 N–H and O–H groups in total. The van der Waals surface area contributed by atoms with Gasteiger partial charge in [0.25, 0.3) is 11.8 Å². The van der Waals surface area contributed by atoms with E-state index in [1.54, 1.807) is 37.3 Å². The molecule has 0 saturated carbocycles. The highest BCUT2D eigenvalue weighted by molar-refractivity contribution is 6.32. The summed E-state index contributed by atoms with van der Waals surface area (Å²) in [5.74, 6) is -0.974. The van der Waals surface area contributed by atoms with Crippen LogP contribution in [0.25, 0.3) is 0 Å². The summed E-state index contributed by atoms with van der Waals surface area (Å²) >= 11 is 6.11. The van der Waals surface area contributed by atoms with Gasteiger partial charge in [-0.3, -0.25) is 19.8 Å². The number of hydrogen-bond donors (Lipinski definition) is 2. The second kappa shape index (κ2) is 8.73. The van der Waals surface area contributed by atoms with Gasteiger partial charge in [-0.1, -0.05) is 17.7 Å². The maximum Gasteiger partial charge on any atom is 0.265 e. The van der Waals surface area contributed by atoms with Crippen LogP contribution in [0.3, 0.4) is 0 Å². The molecule has 1 aliphatic heterocycles. The second-order valence-electron chi connectivity index (χ2n) is 7.14. The average Bonchev–Trinajstić information content (AvgIpc) is 3.01. The first-order valence-corrected chi connectivity index (χ1v) is 9.65. The number of hydrogen-bond acceptors (Lipinski definition) is 6. The van der Waals surface area contributed by atoms with E-state index in [1.165, 1.54) is 7.11 Å². The van der Waals surface area contributed by atoms with Gasteiger partial charge in [0.05, 0.1) is 19.2 Å². The molecule has 1 aliphatic rings. The number of rotatable bonds is 6.